The van der Waals surface area contributed by atoms with Crippen molar-refractivity contribution in [3.05, 3.63) is 61.4 Å². The van der Waals surface area contributed by atoms with Crippen LogP contribution >= 0.6 is 19.4 Å². The van der Waals surface area contributed by atoms with E-state index in [-0.39, 0.29) is 17.9 Å². The molecule has 10 nitrogen and oxygen atoms in total. The largest absolute Gasteiger partial charge is 0.530 e. The minimum Gasteiger partial charge on any atom is -0.404 e. The molecule has 2 aliphatic heterocycles. The van der Waals surface area contributed by atoms with Crippen LogP contribution in [0.3, 0.4) is 0 Å². The second kappa shape index (κ2) is 7.91. The Morgan fingerprint density at radius 2 is 2.32 bits per heavy atom. The van der Waals surface area contributed by atoms with Crippen molar-refractivity contribution in [3.63, 3.8) is 0 Å². The molecule has 0 spiro atoms. The fraction of sp³-hybridized carbons (Fsp3) is 0.333. The number of fused-ring (bicyclic) bond motifs is 1. The molecule has 1 fully saturated rings. The zero-order chi connectivity index (χ0) is 23.3. The quantitative estimate of drug-likeness (QED) is 0.508. The van der Waals surface area contributed by atoms with Gasteiger partial charge in [-0.2, -0.15) is 0 Å². The van der Waals surface area contributed by atoms with Crippen LogP contribution in [0.2, 0.25) is 5.02 Å². The number of nitrogens with one attached hydrogen (secondary N) is 1. The van der Waals surface area contributed by atoms with Gasteiger partial charge < -0.3 is 14.4 Å². The van der Waals surface area contributed by atoms with E-state index in [1.165, 1.54) is 18.2 Å². The highest BCUT2D eigenvalue weighted by atomic mass is 35.5. The van der Waals surface area contributed by atoms with Crippen LogP contribution in [-0.4, -0.2) is 33.2 Å². The predicted octanol–water partition coefficient (Wildman–Crippen LogP) is 1.85. The minimum absolute atomic E-state index is 0.167. The maximum absolute atomic E-state index is 15.3. The number of hydrogen-bond acceptors (Lipinski definition) is 8. The number of rotatable bonds is 4. The number of alkyl halides is 1. The van der Waals surface area contributed by atoms with E-state index in [1.54, 1.807) is 0 Å². The van der Waals surface area contributed by atoms with Crippen LogP contribution in [0, 0.1) is 12.3 Å². The standard InChI is InChI=1S/C18H15ClFN2O8P/c1-2-10-7-22(17(25)21-15(10)24)16-13(23)6-18(20,29-16)9-28-31(26)27-8-11-5-12(19)3-4-14(11)30-31/h1,3-5,7,13,16,23H,6,8-9H2,(H,21,24,25)/t13-,16-,18+,31?/m1/s1/i16D. The van der Waals surface area contributed by atoms with Gasteiger partial charge in [0.2, 0.25) is 5.85 Å². The second-order valence-corrected chi connectivity index (χ2v) is 8.73. The van der Waals surface area contributed by atoms with Gasteiger partial charge in [0.1, 0.15) is 24.0 Å². The molecule has 31 heavy (non-hydrogen) atoms. The van der Waals surface area contributed by atoms with Crippen LogP contribution in [0.1, 0.15) is 25.1 Å². The molecule has 13 heteroatoms. The molecule has 4 atom stereocenters. The topological polar surface area (TPSA) is 129 Å². The van der Waals surface area contributed by atoms with Gasteiger partial charge in [-0.05, 0) is 18.2 Å². The number of aromatic nitrogens is 2. The smallest absolute Gasteiger partial charge is 0.404 e. The van der Waals surface area contributed by atoms with Crippen molar-refractivity contribution < 1.29 is 33.7 Å². The lowest BCUT2D eigenvalue weighted by molar-refractivity contribution is -0.179. The summed E-state index contributed by atoms with van der Waals surface area (Å²) in [6.07, 6.45) is 0.552. The molecule has 2 aliphatic rings. The lowest BCUT2D eigenvalue weighted by Crippen LogP contribution is -2.37. The first-order valence-corrected chi connectivity index (χ1v) is 10.6. The van der Waals surface area contributed by atoms with Gasteiger partial charge in [0.25, 0.3) is 5.56 Å². The number of halogens is 2. The predicted molar refractivity (Wildman–Crippen MR) is 104 cm³/mol. The average molecular weight is 474 g/mol. The Bertz CT molecular complexity index is 1290. The minimum atomic E-state index is -4.27. The third-order valence-corrected chi connectivity index (χ3v) is 6.00. The van der Waals surface area contributed by atoms with Gasteiger partial charge in [-0.25, -0.2) is 13.8 Å². The van der Waals surface area contributed by atoms with Crippen LogP contribution in [0.5, 0.6) is 5.75 Å². The summed E-state index contributed by atoms with van der Waals surface area (Å²) < 4.78 is 57.1. The monoisotopic (exact) mass is 473 g/mol. The van der Waals surface area contributed by atoms with Crippen molar-refractivity contribution in [2.24, 2.45) is 0 Å². The van der Waals surface area contributed by atoms with Crippen molar-refractivity contribution in [1.82, 2.24) is 9.55 Å². The maximum atomic E-state index is 15.3. The molecule has 3 heterocycles. The summed E-state index contributed by atoms with van der Waals surface area (Å²) in [6, 6.07) is 4.47. The second-order valence-electron chi connectivity index (χ2n) is 6.70. The number of phosphoric acid groups is 1. The third kappa shape index (κ3) is 4.32. The summed E-state index contributed by atoms with van der Waals surface area (Å²) in [4.78, 5) is 25.6. The molecule has 1 saturated heterocycles. The molecule has 0 aliphatic carbocycles. The van der Waals surface area contributed by atoms with E-state index in [9.17, 15) is 19.3 Å². The first-order valence-electron chi connectivity index (χ1n) is 9.24. The van der Waals surface area contributed by atoms with E-state index in [1.807, 2.05) is 10.9 Å². The lowest BCUT2D eigenvalue weighted by Gasteiger charge is -2.27. The number of phosphoric ester groups is 1. The van der Waals surface area contributed by atoms with Gasteiger partial charge in [-0.15, -0.1) is 6.42 Å². The fourth-order valence-electron chi connectivity index (χ4n) is 2.99. The molecule has 164 valence electrons. The number of hydrogen-bond donors (Lipinski definition) is 2. The Kier molecular flexibility index (Phi) is 5.22. The lowest BCUT2D eigenvalue weighted by atomic mass is 10.2. The summed E-state index contributed by atoms with van der Waals surface area (Å²) in [7, 11) is -4.27. The molecule has 2 aromatic rings. The van der Waals surface area contributed by atoms with Crippen LogP contribution in [0.25, 0.3) is 0 Å². The highest BCUT2D eigenvalue weighted by Gasteiger charge is 2.50. The van der Waals surface area contributed by atoms with Gasteiger partial charge in [0.05, 0.1) is 7.98 Å². The first kappa shape index (κ1) is 20.5. The van der Waals surface area contributed by atoms with Crippen molar-refractivity contribution in [2.75, 3.05) is 6.61 Å². The van der Waals surface area contributed by atoms with Crippen LogP contribution in [0.15, 0.2) is 34.0 Å². The number of aromatic amines is 1. The molecule has 1 unspecified atom stereocenters. The van der Waals surface area contributed by atoms with E-state index in [0.717, 1.165) is 6.20 Å². The van der Waals surface area contributed by atoms with Crippen LogP contribution in [-0.2, 0) is 25.0 Å². The zero-order valence-electron chi connectivity index (χ0n) is 16.5. The summed E-state index contributed by atoms with van der Waals surface area (Å²) in [5.41, 5.74) is -1.89. The summed E-state index contributed by atoms with van der Waals surface area (Å²) in [5.74, 6) is -0.693. The Hall–Kier alpha value is -2.45. The molecule has 0 bridgehead atoms. The number of H-pyrrole nitrogens is 1. The van der Waals surface area contributed by atoms with Crippen molar-refractivity contribution >= 4 is 19.4 Å². The SMILES string of the molecule is [2H][C@@]1(n2cc(C#C)c(=O)[nH]c2=O)O[C@](F)(COP2(=O)OCc3cc(Cl)ccc3O2)C[C@H]1O. The Morgan fingerprint density at radius 1 is 1.55 bits per heavy atom. The molecule has 1 aromatic heterocycles. The molecular formula is C18H15ClFN2O8P. The Balaban J connectivity index is 1.53. The van der Waals surface area contributed by atoms with Gasteiger partial charge in [0, 0.05) is 23.2 Å². The van der Waals surface area contributed by atoms with E-state index in [2.05, 4.69) is 0 Å². The highest BCUT2D eigenvalue weighted by Crippen LogP contribution is 2.55. The number of ether oxygens (including phenoxy) is 1. The molecule has 0 amide bonds. The van der Waals surface area contributed by atoms with Gasteiger partial charge >= 0.3 is 13.5 Å². The molecule has 1 aromatic carbocycles. The Morgan fingerprint density at radius 3 is 3.06 bits per heavy atom. The molecule has 0 radical (unpaired) electrons. The summed E-state index contributed by atoms with van der Waals surface area (Å²) >= 11 is 5.87. The number of aliphatic hydroxyl groups excluding tert-OH is 1. The van der Waals surface area contributed by atoms with Crippen LogP contribution in [0.4, 0.5) is 4.39 Å². The normalized spacial score (nSPS) is 32.6. The third-order valence-electron chi connectivity index (χ3n) is 4.45. The number of aliphatic hydroxyl groups is 1. The summed E-state index contributed by atoms with van der Waals surface area (Å²) in [6.45, 7) is -1.25. The molecular weight excluding hydrogens is 458 g/mol. The number of benzene rings is 1. The maximum Gasteiger partial charge on any atom is 0.530 e. The van der Waals surface area contributed by atoms with Crippen LogP contribution < -0.4 is 15.8 Å². The molecule has 0 saturated carbocycles. The number of nitrogens with zero attached hydrogens (tertiary/aromatic N) is 1. The fourth-order valence-corrected chi connectivity index (χ4v) is 4.43. The van der Waals surface area contributed by atoms with Crippen molar-refractivity contribution in [1.29, 1.82) is 0 Å². The van der Waals surface area contributed by atoms with Crippen molar-refractivity contribution in [2.45, 2.75) is 31.2 Å². The van der Waals surface area contributed by atoms with Gasteiger partial charge in [-0.1, -0.05) is 17.5 Å². The average Bonchev–Trinajstić information content (AvgIpc) is 2.96. The molecule has 2 N–H and O–H groups in total. The van der Waals surface area contributed by atoms with Gasteiger partial charge in [0.15, 0.2) is 6.20 Å². The molecule has 4 rings (SSSR count). The highest BCUT2D eigenvalue weighted by molar-refractivity contribution is 7.49. The van der Waals surface area contributed by atoms with E-state index in [0.29, 0.717) is 15.2 Å². The van der Waals surface area contributed by atoms with Crippen molar-refractivity contribution in [3.8, 4) is 18.1 Å². The number of terminal acetylenes is 1. The first-order chi connectivity index (χ1) is 15.0. The zero-order valence-corrected chi connectivity index (χ0v) is 17.2. The van der Waals surface area contributed by atoms with E-state index >= 15 is 4.39 Å². The van der Waals surface area contributed by atoms with E-state index in [4.69, 9.17) is 37.7 Å². The van der Waals surface area contributed by atoms with Gasteiger partial charge in [-0.3, -0.25) is 23.4 Å². The Labute approximate surface area is 180 Å². The van der Waals surface area contributed by atoms with E-state index < -0.39 is 50.3 Å². The summed E-state index contributed by atoms with van der Waals surface area (Å²) in [5, 5.41) is 10.7.